The predicted molar refractivity (Wildman–Crippen MR) is 102 cm³/mol. The number of amides is 1. The van der Waals surface area contributed by atoms with E-state index >= 15 is 0 Å². The molecule has 2 fully saturated rings. The lowest BCUT2D eigenvalue weighted by Gasteiger charge is -2.35. The molecular weight excluding hydrogens is 344 g/mol. The summed E-state index contributed by atoms with van der Waals surface area (Å²) in [5, 5.41) is 2.90. The van der Waals surface area contributed by atoms with Crippen LogP contribution in [0.5, 0.6) is 0 Å². The normalized spacial score (nSPS) is 19.9. The van der Waals surface area contributed by atoms with E-state index in [1.165, 1.54) is 0 Å². The summed E-state index contributed by atoms with van der Waals surface area (Å²) in [6.07, 6.45) is 7.51. The molecule has 0 aliphatic carbocycles. The van der Waals surface area contributed by atoms with Crippen molar-refractivity contribution in [2.45, 2.75) is 18.9 Å². The summed E-state index contributed by atoms with van der Waals surface area (Å²) in [5.74, 6) is 0.622. The Labute approximate surface area is 158 Å². The van der Waals surface area contributed by atoms with Crippen LogP contribution >= 0.6 is 0 Å². The molecule has 27 heavy (non-hydrogen) atoms. The van der Waals surface area contributed by atoms with Crippen molar-refractivity contribution in [3.63, 3.8) is 0 Å². The van der Waals surface area contributed by atoms with Crippen molar-refractivity contribution in [3.8, 4) is 0 Å². The van der Waals surface area contributed by atoms with Crippen LogP contribution in [-0.2, 0) is 4.74 Å². The Morgan fingerprint density at radius 2 is 1.89 bits per heavy atom. The second-order valence-electron chi connectivity index (χ2n) is 6.77. The van der Waals surface area contributed by atoms with Crippen molar-refractivity contribution >= 4 is 17.5 Å². The lowest BCUT2D eigenvalue weighted by Crippen LogP contribution is -2.47. The quantitative estimate of drug-likeness (QED) is 0.846. The van der Waals surface area contributed by atoms with Gasteiger partial charge >= 0.3 is 0 Å². The number of ether oxygens (including phenoxy) is 1. The Balaban J connectivity index is 1.29. The molecule has 0 spiro atoms. The number of aromatic nitrogens is 3. The van der Waals surface area contributed by atoms with Crippen molar-refractivity contribution in [1.29, 1.82) is 0 Å². The van der Waals surface area contributed by atoms with Crippen LogP contribution in [0.25, 0.3) is 0 Å². The van der Waals surface area contributed by atoms with Gasteiger partial charge in [-0.15, -0.1) is 0 Å². The van der Waals surface area contributed by atoms with Gasteiger partial charge in [0.15, 0.2) is 0 Å². The molecule has 1 N–H and O–H groups in total. The van der Waals surface area contributed by atoms with E-state index in [4.69, 9.17) is 4.74 Å². The first kappa shape index (κ1) is 17.7. The third kappa shape index (κ3) is 4.33. The Hall–Kier alpha value is -2.74. The number of nitrogens with zero attached hydrogens (tertiary/aromatic N) is 5. The van der Waals surface area contributed by atoms with Crippen LogP contribution in [0, 0.1) is 0 Å². The molecule has 8 heteroatoms. The SMILES string of the molecule is O=C(NCC1CCCO1)c1ccc(N2CCN(c3ncccn3)CC2)cn1. The second kappa shape index (κ2) is 8.30. The summed E-state index contributed by atoms with van der Waals surface area (Å²) in [6, 6.07) is 5.57. The molecular formula is C19H24N6O2. The molecule has 2 aromatic heterocycles. The van der Waals surface area contributed by atoms with Crippen LogP contribution in [0.1, 0.15) is 23.3 Å². The van der Waals surface area contributed by atoms with E-state index in [2.05, 4.69) is 30.1 Å². The average molecular weight is 368 g/mol. The fourth-order valence-corrected chi connectivity index (χ4v) is 3.43. The number of pyridine rings is 1. The van der Waals surface area contributed by atoms with Gasteiger partial charge < -0.3 is 19.9 Å². The highest BCUT2D eigenvalue weighted by molar-refractivity contribution is 5.92. The van der Waals surface area contributed by atoms with E-state index in [0.29, 0.717) is 12.2 Å². The van der Waals surface area contributed by atoms with Gasteiger partial charge in [0.25, 0.3) is 5.91 Å². The highest BCUT2D eigenvalue weighted by Gasteiger charge is 2.20. The van der Waals surface area contributed by atoms with Crippen molar-refractivity contribution in [3.05, 3.63) is 42.5 Å². The van der Waals surface area contributed by atoms with Crippen molar-refractivity contribution < 1.29 is 9.53 Å². The van der Waals surface area contributed by atoms with Gasteiger partial charge in [-0.1, -0.05) is 0 Å². The summed E-state index contributed by atoms with van der Waals surface area (Å²) in [4.78, 5) is 29.6. The molecule has 2 aliphatic rings. The van der Waals surface area contributed by atoms with Gasteiger partial charge in [-0.2, -0.15) is 0 Å². The minimum Gasteiger partial charge on any atom is -0.376 e. The number of hydrogen-bond donors (Lipinski definition) is 1. The minimum absolute atomic E-state index is 0.137. The van der Waals surface area contributed by atoms with Crippen LogP contribution in [0.15, 0.2) is 36.8 Å². The van der Waals surface area contributed by atoms with Gasteiger partial charge in [0, 0.05) is 51.7 Å². The fourth-order valence-electron chi connectivity index (χ4n) is 3.43. The second-order valence-corrected chi connectivity index (χ2v) is 6.77. The van der Waals surface area contributed by atoms with Gasteiger partial charge in [0.1, 0.15) is 5.69 Å². The van der Waals surface area contributed by atoms with Gasteiger partial charge in [0.2, 0.25) is 5.95 Å². The van der Waals surface area contributed by atoms with E-state index in [0.717, 1.165) is 57.3 Å². The lowest BCUT2D eigenvalue weighted by molar-refractivity contribution is 0.0853. The third-order valence-corrected chi connectivity index (χ3v) is 4.97. The molecule has 2 aliphatic heterocycles. The number of hydrogen-bond acceptors (Lipinski definition) is 7. The molecule has 2 aromatic rings. The largest absolute Gasteiger partial charge is 0.376 e. The number of nitrogens with one attached hydrogen (secondary N) is 1. The monoisotopic (exact) mass is 368 g/mol. The molecule has 0 saturated carbocycles. The maximum atomic E-state index is 12.2. The molecule has 142 valence electrons. The van der Waals surface area contributed by atoms with Gasteiger partial charge in [-0.25, -0.2) is 15.0 Å². The summed E-state index contributed by atoms with van der Waals surface area (Å²) in [6.45, 7) is 4.78. The van der Waals surface area contributed by atoms with E-state index in [1.54, 1.807) is 24.7 Å². The Morgan fingerprint density at radius 3 is 2.56 bits per heavy atom. The van der Waals surface area contributed by atoms with Gasteiger partial charge in [-0.05, 0) is 31.0 Å². The number of carbonyl (C=O) groups is 1. The zero-order valence-electron chi connectivity index (χ0n) is 15.3. The zero-order chi connectivity index (χ0) is 18.5. The maximum Gasteiger partial charge on any atom is 0.269 e. The average Bonchev–Trinajstić information content (AvgIpc) is 3.27. The highest BCUT2D eigenvalue weighted by atomic mass is 16.5. The molecule has 0 radical (unpaired) electrons. The molecule has 0 aromatic carbocycles. The van der Waals surface area contributed by atoms with Crippen LogP contribution in [0.3, 0.4) is 0 Å². The van der Waals surface area contributed by atoms with Gasteiger partial charge in [-0.3, -0.25) is 4.79 Å². The molecule has 4 heterocycles. The van der Waals surface area contributed by atoms with Crippen molar-refractivity contribution in [2.75, 3.05) is 49.1 Å². The summed E-state index contributed by atoms with van der Waals surface area (Å²) in [5.41, 5.74) is 1.47. The maximum absolute atomic E-state index is 12.2. The van der Waals surface area contributed by atoms with Crippen molar-refractivity contribution in [2.24, 2.45) is 0 Å². The fraction of sp³-hybridized carbons (Fsp3) is 0.474. The molecule has 1 amide bonds. The highest BCUT2D eigenvalue weighted by Crippen LogP contribution is 2.18. The Morgan fingerprint density at radius 1 is 1.11 bits per heavy atom. The van der Waals surface area contributed by atoms with Crippen LogP contribution in [-0.4, -0.2) is 66.3 Å². The summed E-state index contributed by atoms with van der Waals surface area (Å²) in [7, 11) is 0. The van der Waals surface area contributed by atoms with E-state index in [1.807, 2.05) is 12.1 Å². The number of carbonyl (C=O) groups excluding carboxylic acids is 1. The van der Waals surface area contributed by atoms with E-state index in [9.17, 15) is 4.79 Å². The molecule has 1 unspecified atom stereocenters. The zero-order valence-corrected chi connectivity index (χ0v) is 15.3. The first-order valence-corrected chi connectivity index (χ1v) is 9.42. The first-order chi connectivity index (χ1) is 13.3. The van der Waals surface area contributed by atoms with Crippen molar-refractivity contribution in [1.82, 2.24) is 20.3 Å². The molecule has 8 nitrogen and oxygen atoms in total. The molecule has 1 atom stereocenters. The van der Waals surface area contributed by atoms with Crippen LogP contribution in [0.4, 0.5) is 11.6 Å². The third-order valence-electron chi connectivity index (χ3n) is 4.97. The minimum atomic E-state index is -0.150. The van der Waals surface area contributed by atoms with E-state index < -0.39 is 0 Å². The molecule has 0 bridgehead atoms. The molecule has 2 saturated heterocycles. The van der Waals surface area contributed by atoms with Crippen LogP contribution in [0.2, 0.25) is 0 Å². The smallest absolute Gasteiger partial charge is 0.269 e. The Kier molecular flexibility index (Phi) is 5.43. The lowest BCUT2D eigenvalue weighted by atomic mass is 10.2. The van der Waals surface area contributed by atoms with Gasteiger partial charge in [0.05, 0.1) is 18.0 Å². The summed E-state index contributed by atoms with van der Waals surface area (Å²) >= 11 is 0. The number of rotatable bonds is 5. The van der Waals surface area contributed by atoms with Crippen LogP contribution < -0.4 is 15.1 Å². The predicted octanol–water partition coefficient (Wildman–Crippen LogP) is 1.11. The Bertz CT molecular complexity index is 741. The number of anilines is 2. The molecule has 4 rings (SSSR count). The standard InChI is InChI=1S/C19H24N6O2/c26-18(23-14-16-3-1-12-27-16)17-5-4-15(13-22-17)24-8-10-25(11-9-24)19-20-6-2-7-21-19/h2,4-7,13,16H,1,3,8-12,14H2,(H,23,26). The van der Waals surface area contributed by atoms with E-state index in [-0.39, 0.29) is 12.0 Å². The first-order valence-electron chi connectivity index (χ1n) is 9.42. The number of piperazine rings is 1. The summed E-state index contributed by atoms with van der Waals surface area (Å²) < 4.78 is 5.52. The topological polar surface area (TPSA) is 83.5 Å².